The summed E-state index contributed by atoms with van der Waals surface area (Å²) in [5.74, 6) is 5.42. The van der Waals surface area contributed by atoms with Crippen molar-refractivity contribution < 1.29 is 9.90 Å². The van der Waals surface area contributed by atoms with Crippen LogP contribution in [0.1, 0.15) is 35.2 Å². The van der Waals surface area contributed by atoms with Gasteiger partial charge in [-0.1, -0.05) is 11.8 Å². The molecule has 0 spiro atoms. The fourth-order valence-corrected chi connectivity index (χ4v) is 3.35. The lowest BCUT2D eigenvalue weighted by Crippen LogP contribution is -2.42. The molecular formula is C17H20N2O2. The standard InChI is InChI=1S/C17H20N2O2/c20-12-2-3-13-5-7-14(8-6-13)17(21)18-15-9-11-19-10-1-4-16(15)19/h5-8,15-16,20H,1,4,9-12H2,(H,18,21). The van der Waals surface area contributed by atoms with Crippen molar-refractivity contribution in [1.29, 1.82) is 0 Å². The number of fused-ring (bicyclic) bond motifs is 1. The van der Waals surface area contributed by atoms with E-state index in [1.54, 1.807) is 12.1 Å². The van der Waals surface area contributed by atoms with Crippen LogP contribution in [0.4, 0.5) is 0 Å². The molecule has 2 aliphatic rings. The summed E-state index contributed by atoms with van der Waals surface area (Å²) in [6.45, 7) is 2.13. The lowest BCUT2D eigenvalue weighted by atomic mass is 10.1. The van der Waals surface area contributed by atoms with Crippen LogP contribution in [0.25, 0.3) is 0 Å². The van der Waals surface area contributed by atoms with Gasteiger partial charge in [0.2, 0.25) is 0 Å². The van der Waals surface area contributed by atoms with E-state index in [1.165, 1.54) is 19.4 Å². The van der Waals surface area contributed by atoms with Gasteiger partial charge in [0.25, 0.3) is 5.91 Å². The van der Waals surface area contributed by atoms with Crippen LogP contribution >= 0.6 is 0 Å². The Morgan fingerprint density at radius 3 is 2.86 bits per heavy atom. The van der Waals surface area contributed by atoms with Gasteiger partial charge in [-0.2, -0.15) is 0 Å². The minimum absolute atomic E-state index is 0.00424. The number of amides is 1. The first-order chi connectivity index (χ1) is 10.3. The van der Waals surface area contributed by atoms with Crippen molar-refractivity contribution in [2.45, 2.75) is 31.3 Å². The van der Waals surface area contributed by atoms with Crippen molar-refractivity contribution in [3.8, 4) is 11.8 Å². The molecule has 0 aliphatic carbocycles. The number of benzene rings is 1. The lowest BCUT2D eigenvalue weighted by Gasteiger charge is -2.21. The summed E-state index contributed by atoms with van der Waals surface area (Å²) in [7, 11) is 0. The van der Waals surface area contributed by atoms with Gasteiger partial charge in [-0.3, -0.25) is 9.69 Å². The molecule has 2 fully saturated rings. The molecular weight excluding hydrogens is 264 g/mol. The largest absolute Gasteiger partial charge is 0.384 e. The van der Waals surface area contributed by atoms with Gasteiger partial charge in [0.05, 0.1) is 0 Å². The van der Waals surface area contributed by atoms with E-state index in [0.717, 1.165) is 18.5 Å². The number of carbonyl (C=O) groups excluding carboxylic acids is 1. The van der Waals surface area contributed by atoms with E-state index < -0.39 is 0 Å². The second kappa shape index (κ2) is 6.30. The van der Waals surface area contributed by atoms with E-state index in [-0.39, 0.29) is 18.6 Å². The first-order valence-corrected chi connectivity index (χ1v) is 7.52. The van der Waals surface area contributed by atoms with Gasteiger partial charge >= 0.3 is 0 Å². The van der Waals surface area contributed by atoms with E-state index in [0.29, 0.717) is 11.6 Å². The van der Waals surface area contributed by atoms with Gasteiger partial charge in [-0.25, -0.2) is 0 Å². The summed E-state index contributed by atoms with van der Waals surface area (Å²) in [5.41, 5.74) is 1.48. The first-order valence-electron chi connectivity index (χ1n) is 7.52. The Morgan fingerprint density at radius 2 is 2.10 bits per heavy atom. The van der Waals surface area contributed by atoms with Gasteiger partial charge in [0.1, 0.15) is 6.61 Å². The Labute approximate surface area is 125 Å². The number of nitrogens with zero attached hydrogens (tertiary/aromatic N) is 1. The van der Waals surface area contributed by atoms with Gasteiger partial charge in [0, 0.05) is 29.8 Å². The first kappa shape index (κ1) is 14.1. The van der Waals surface area contributed by atoms with Crippen molar-refractivity contribution >= 4 is 5.91 Å². The van der Waals surface area contributed by atoms with Crippen LogP contribution in [0.2, 0.25) is 0 Å². The lowest BCUT2D eigenvalue weighted by molar-refractivity contribution is 0.0929. The van der Waals surface area contributed by atoms with E-state index in [1.807, 2.05) is 12.1 Å². The SMILES string of the molecule is O=C(NC1CCN2CCCC12)c1ccc(C#CCO)cc1. The zero-order valence-electron chi connectivity index (χ0n) is 12.0. The van der Waals surface area contributed by atoms with Crippen molar-refractivity contribution in [1.82, 2.24) is 10.2 Å². The number of aliphatic hydroxyl groups is 1. The van der Waals surface area contributed by atoms with E-state index in [2.05, 4.69) is 22.1 Å². The molecule has 110 valence electrons. The molecule has 4 heteroatoms. The third-order valence-electron chi connectivity index (χ3n) is 4.38. The molecule has 2 saturated heterocycles. The fraction of sp³-hybridized carbons (Fsp3) is 0.471. The fourth-order valence-electron chi connectivity index (χ4n) is 3.35. The second-order valence-corrected chi connectivity index (χ2v) is 5.65. The highest BCUT2D eigenvalue weighted by molar-refractivity contribution is 5.94. The highest BCUT2D eigenvalue weighted by Gasteiger charge is 2.37. The van der Waals surface area contributed by atoms with E-state index in [9.17, 15) is 4.79 Å². The summed E-state index contributed by atoms with van der Waals surface area (Å²) in [6.07, 6.45) is 3.49. The predicted molar refractivity (Wildman–Crippen MR) is 80.9 cm³/mol. The molecule has 3 rings (SSSR count). The molecule has 0 bridgehead atoms. The van der Waals surface area contributed by atoms with Crippen LogP contribution in [-0.4, -0.2) is 47.7 Å². The maximum absolute atomic E-state index is 12.3. The van der Waals surface area contributed by atoms with Crippen LogP contribution < -0.4 is 5.32 Å². The van der Waals surface area contributed by atoms with Crippen LogP contribution in [-0.2, 0) is 0 Å². The molecule has 1 aromatic carbocycles. The van der Waals surface area contributed by atoms with Crippen molar-refractivity contribution in [3.63, 3.8) is 0 Å². The third-order valence-corrected chi connectivity index (χ3v) is 4.38. The topological polar surface area (TPSA) is 52.6 Å². The molecule has 2 unspecified atom stereocenters. The summed E-state index contributed by atoms with van der Waals surface area (Å²) in [5, 5.41) is 11.8. The number of carbonyl (C=O) groups is 1. The molecule has 2 atom stereocenters. The second-order valence-electron chi connectivity index (χ2n) is 5.65. The van der Waals surface area contributed by atoms with Crippen LogP contribution in [0.5, 0.6) is 0 Å². The van der Waals surface area contributed by atoms with Gasteiger partial charge in [0.15, 0.2) is 0 Å². The van der Waals surface area contributed by atoms with E-state index in [4.69, 9.17) is 5.11 Å². The molecule has 1 aromatic rings. The molecule has 4 nitrogen and oxygen atoms in total. The van der Waals surface area contributed by atoms with Crippen molar-refractivity contribution in [3.05, 3.63) is 35.4 Å². The molecule has 2 aliphatic heterocycles. The highest BCUT2D eigenvalue weighted by atomic mass is 16.2. The maximum Gasteiger partial charge on any atom is 0.251 e. The molecule has 21 heavy (non-hydrogen) atoms. The molecule has 1 amide bonds. The number of aliphatic hydroxyl groups excluding tert-OH is 1. The molecule has 2 N–H and O–H groups in total. The average Bonchev–Trinajstić information content (AvgIpc) is 3.10. The smallest absolute Gasteiger partial charge is 0.251 e. The van der Waals surface area contributed by atoms with Gasteiger partial charge in [-0.15, -0.1) is 0 Å². The minimum Gasteiger partial charge on any atom is -0.384 e. The molecule has 0 saturated carbocycles. The van der Waals surface area contributed by atoms with Crippen molar-refractivity contribution in [2.24, 2.45) is 0 Å². The average molecular weight is 284 g/mol. The Bertz CT molecular complexity index is 571. The van der Waals surface area contributed by atoms with Crippen LogP contribution in [0.3, 0.4) is 0 Å². The summed E-state index contributed by atoms with van der Waals surface area (Å²) in [6, 6.07) is 8.02. The summed E-state index contributed by atoms with van der Waals surface area (Å²) in [4.78, 5) is 14.8. The summed E-state index contributed by atoms with van der Waals surface area (Å²) >= 11 is 0. The Balaban J connectivity index is 1.62. The Morgan fingerprint density at radius 1 is 1.29 bits per heavy atom. The number of hydrogen-bond acceptors (Lipinski definition) is 3. The molecule has 0 radical (unpaired) electrons. The Hall–Kier alpha value is -1.83. The van der Waals surface area contributed by atoms with E-state index >= 15 is 0 Å². The zero-order chi connectivity index (χ0) is 14.7. The highest BCUT2D eigenvalue weighted by Crippen LogP contribution is 2.28. The quantitative estimate of drug-likeness (QED) is 0.797. The number of hydrogen-bond donors (Lipinski definition) is 2. The van der Waals surface area contributed by atoms with Gasteiger partial charge in [-0.05, 0) is 50.1 Å². The zero-order valence-corrected chi connectivity index (χ0v) is 12.0. The normalized spacial score (nSPS) is 24.2. The maximum atomic E-state index is 12.3. The van der Waals surface area contributed by atoms with Crippen LogP contribution in [0, 0.1) is 11.8 Å². The number of nitrogens with one attached hydrogen (secondary N) is 1. The summed E-state index contributed by atoms with van der Waals surface area (Å²) < 4.78 is 0. The monoisotopic (exact) mass is 284 g/mol. The third kappa shape index (κ3) is 3.10. The Kier molecular flexibility index (Phi) is 4.23. The molecule has 2 heterocycles. The molecule has 0 aromatic heterocycles. The predicted octanol–water partition coefficient (Wildman–Crippen LogP) is 0.997. The minimum atomic E-state index is -0.151. The van der Waals surface area contributed by atoms with Crippen molar-refractivity contribution in [2.75, 3.05) is 19.7 Å². The van der Waals surface area contributed by atoms with Gasteiger partial charge < -0.3 is 10.4 Å². The number of rotatable bonds is 2. The van der Waals surface area contributed by atoms with Crippen LogP contribution in [0.15, 0.2) is 24.3 Å².